The number of halogens is 5. The zero-order valence-electron chi connectivity index (χ0n) is 20.8. The maximum absolute atomic E-state index is 13.6. The molecule has 0 aromatic heterocycles. The number of carbonyl (C=O) groups is 4. The average molecular weight is 587 g/mol. The van der Waals surface area contributed by atoms with Gasteiger partial charge in [-0.15, -0.1) is 0 Å². The van der Waals surface area contributed by atoms with Crippen LogP contribution in [0.2, 0.25) is 10.0 Å². The molecule has 2 aromatic carbocycles. The predicted octanol–water partition coefficient (Wildman–Crippen LogP) is 5.00. The summed E-state index contributed by atoms with van der Waals surface area (Å²) in [4.78, 5) is 54.8. The Morgan fingerprint density at radius 2 is 1.79 bits per heavy atom. The molecule has 2 fully saturated rings. The number of imide groups is 1. The Labute approximate surface area is 231 Å². The molecule has 2 aromatic rings. The van der Waals surface area contributed by atoms with Gasteiger partial charge in [0.05, 0.1) is 41.0 Å². The van der Waals surface area contributed by atoms with Gasteiger partial charge in [-0.25, -0.2) is 9.59 Å². The molecule has 9 nitrogen and oxygen atoms in total. The van der Waals surface area contributed by atoms with E-state index >= 15 is 0 Å². The molecule has 0 aliphatic carbocycles. The summed E-state index contributed by atoms with van der Waals surface area (Å²) < 4.78 is 45.4. The standard InChI is InChI=1S/C25H23Cl2F3N4O5/c1-3-39-22(36)16-12-33(15-9-18(26)20(19(27)10-15)32-8-7-31-23(32)37)24(38)34(21(16)35)11-14-5-4-6-17(13(14)2)25(28,29)30/h4-6,9-10,16H,3,7-8,11-12H2,1-2H3,(H,31,37). The first-order chi connectivity index (χ1) is 18.3. The lowest BCUT2D eigenvalue weighted by Crippen LogP contribution is -2.58. The molecule has 14 heteroatoms. The number of benzene rings is 2. The number of hydrogen-bond donors (Lipinski definition) is 1. The minimum Gasteiger partial charge on any atom is -0.465 e. The zero-order chi connectivity index (χ0) is 28.6. The monoisotopic (exact) mass is 586 g/mol. The fraction of sp³-hybridized carbons (Fsp3) is 0.360. The Morgan fingerprint density at radius 3 is 2.36 bits per heavy atom. The molecule has 5 amide bonds. The summed E-state index contributed by atoms with van der Waals surface area (Å²) in [5.74, 6) is -3.25. The van der Waals surface area contributed by atoms with Crippen LogP contribution in [0.3, 0.4) is 0 Å². The maximum atomic E-state index is 13.6. The third kappa shape index (κ3) is 5.48. The summed E-state index contributed by atoms with van der Waals surface area (Å²) in [5.41, 5.74) is -0.657. The van der Waals surface area contributed by atoms with Crippen molar-refractivity contribution in [2.45, 2.75) is 26.6 Å². The lowest BCUT2D eigenvalue weighted by atomic mass is 9.99. The molecule has 208 valence electrons. The SMILES string of the molecule is CCOC(=O)C1CN(c2cc(Cl)c(N3CCNC3=O)c(Cl)c2)C(=O)N(Cc2cccc(C(F)(F)F)c2C)C1=O. The van der Waals surface area contributed by atoms with Crippen molar-refractivity contribution in [1.29, 1.82) is 0 Å². The molecule has 1 N–H and O–H groups in total. The number of carbonyl (C=O) groups excluding carboxylic acids is 4. The van der Waals surface area contributed by atoms with Crippen molar-refractivity contribution in [2.75, 3.05) is 36.0 Å². The molecule has 2 aliphatic heterocycles. The second-order valence-electron chi connectivity index (χ2n) is 8.85. The average Bonchev–Trinajstić information content (AvgIpc) is 3.27. The summed E-state index contributed by atoms with van der Waals surface area (Å²) in [5, 5.41) is 2.70. The summed E-state index contributed by atoms with van der Waals surface area (Å²) in [6.45, 7) is 2.51. The van der Waals surface area contributed by atoms with E-state index < -0.39 is 54.7 Å². The van der Waals surface area contributed by atoms with Crippen LogP contribution in [0.4, 0.5) is 34.1 Å². The summed E-state index contributed by atoms with van der Waals surface area (Å²) in [6, 6.07) is 4.87. The summed E-state index contributed by atoms with van der Waals surface area (Å²) >= 11 is 12.9. The van der Waals surface area contributed by atoms with E-state index in [-0.39, 0.29) is 39.2 Å². The second kappa shape index (κ2) is 10.9. The van der Waals surface area contributed by atoms with Crippen molar-refractivity contribution < 1.29 is 37.1 Å². The van der Waals surface area contributed by atoms with E-state index in [1.165, 1.54) is 36.1 Å². The Kier molecular flexibility index (Phi) is 7.99. The Hall–Kier alpha value is -3.51. The number of urea groups is 2. The van der Waals surface area contributed by atoms with Gasteiger partial charge in [-0.3, -0.25) is 24.3 Å². The van der Waals surface area contributed by atoms with Gasteiger partial charge in [0.2, 0.25) is 5.91 Å². The van der Waals surface area contributed by atoms with Crippen molar-refractivity contribution in [3.05, 3.63) is 57.1 Å². The first-order valence-electron chi connectivity index (χ1n) is 11.8. The summed E-state index contributed by atoms with van der Waals surface area (Å²) in [7, 11) is 0. The number of anilines is 2. The smallest absolute Gasteiger partial charge is 0.416 e. The van der Waals surface area contributed by atoms with Crippen LogP contribution in [0, 0.1) is 12.8 Å². The molecule has 2 aliphatic rings. The minimum absolute atomic E-state index is 0.0342. The van der Waals surface area contributed by atoms with Crippen LogP contribution in [0.15, 0.2) is 30.3 Å². The van der Waals surface area contributed by atoms with Crippen LogP contribution in [0.5, 0.6) is 0 Å². The van der Waals surface area contributed by atoms with Crippen molar-refractivity contribution in [1.82, 2.24) is 10.2 Å². The lowest BCUT2D eigenvalue weighted by molar-refractivity contribution is -0.154. The molecule has 0 radical (unpaired) electrons. The van der Waals surface area contributed by atoms with Gasteiger partial charge in [-0.05, 0) is 43.2 Å². The second-order valence-corrected chi connectivity index (χ2v) is 9.67. The van der Waals surface area contributed by atoms with Crippen LogP contribution in [-0.4, -0.2) is 55.1 Å². The molecule has 1 atom stereocenters. The number of nitrogens with one attached hydrogen (secondary N) is 1. The Balaban J connectivity index is 1.74. The van der Waals surface area contributed by atoms with Crippen LogP contribution in [0.25, 0.3) is 0 Å². The third-order valence-corrected chi connectivity index (χ3v) is 7.06. The third-order valence-electron chi connectivity index (χ3n) is 6.48. The molecule has 0 bridgehead atoms. The Bertz CT molecular complexity index is 1330. The van der Waals surface area contributed by atoms with Crippen molar-refractivity contribution in [3.8, 4) is 0 Å². The van der Waals surface area contributed by atoms with E-state index in [0.29, 0.717) is 18.0 Å². The molecule has 4 rings (SSSR count). The minimum atomic E-state index is -4.64. The van der Waals surface area contributed by atoms with Crippen molar-refractivity contribution >= 4 is 58.5 Å². The van der Waals surface area contributed by atoms with Gasteiger partial charge in [0.15, 0.2) is 5.92 Å². The zero-order valence-corrected chi connectivity index (χ0v) is 22.3. The summed E-state index contributed by atoms with van der Waals surface area (Å²) in [6.07, 6.45) is -4.64. The van der Waals surface area contributed by atoms with Gasteiger partial charge in [0.1, 0.15) is 0 Å². The normalized spacial score (nSPS) is 18.1. The molecule has 0 spiro atoms. The largest absolute Gasteiger partial charge is 0.465 e. The van der Waals surface area contributed by atoms with E-state index in [1.807, 2.05) is 0 Å². The lowest BCUT2D eigenvalue weighted by Gasteiger charge is -2.38. The molecule has 0 saturated carbocycles. The first-order valence-corrected chi connectivity index (χ1v) is 12.6. The molecule has 2 saturated heterocycles. The highest BCUT2D eigenvalue weighted by molar-refractivity contribution is 6.40. The van der Waals surface area contributed by atoms with E-state index in [0.717, 1.165) is 11.0 Å². The first kappa shape index (κ1) is 28.5. The van der Waals surface area contributed by atoms with Gasteiger partial charge < -0.3 is 10.1 Å². The highest BCUT2D eigenvalue weighted by Gasteiger charge is 2.45. The number of ether oxygens (including phenoxy) is 1. The molecular formula is C25H23Cl2F3N4O5. The number of rotatable bonds is 6. The Morgan fingerprint density at radius 1 is 1.13 bits per heavy atom. The highest BCUT2D eigenvalue weighted by atomic mass is 35.5. The molecule has 1 unspecified atom stereocenters. The molecule has 2 heterocycles. The number of esters is 1. The number of amides is 5. The van der Waals surface area contributed by atoms with E-state index in [4.69, 9.17) is 27.9 Å². The fourth-order valence-electron chi connectivity index (χ4n) is 4.53. The number of alkyl halides is 3. The van der Waals surface area contributed by atoms with Gasteiger partial charge in [0, 0.05) is 18.8 Å². The predicted molar refractivity (Wildman–Crippen MR) is 137 cm³/mol. The fourth-order valence-corrected chi connectivity index (χ4v) is 5.21. The highest BCUT2D eigenvalue weighted by Crippen LogP contribution is 2.40. The molecular weight excluding hydrogens is 564 g/mol. The number of nitrogens with zero attached hydrogens (tertiary/aromatic N) is 3. The topological polar surface area (TPSA) is 99.3 Å². The van der Waals surface area contributed by atoms with Crippen molar-refractivity contribution in [2.24, 2.45) is 5.92 Å². The van der Waals surface area contributed by atoms with Gasteiger partial charge in [-0.2, -0.15) is 13.2 Å². The van der Waals surface area contributed by atoms with E-state index in [9.17, 15) is 32.3 Å². The van der Waals surface area contributed by atoms with Crippen LogP contribution in [0.1, 0.15) is 23.6 Å². The van der Waals surface area contributed by atoms with E-state index in [1.54, 1.807) is 6.92 Å². The van der Waals surface area contributed by atoms with Crippen molar-refractivity contribution in [3.63, 3.8) is 0 Å². The van der Waals surface area contributed by atoms with E-state index in [2.05, 4.69) is 5.32 Å². The molecule has 39 heavy (non-hydrogen) atoms. The van der Waals surface area contributed by atoms with Gasteiger partial charge in [0.25, 0.3) is 0 Å². The van der Waals surface area contributed by atoms with Crippen LogP contribution in [-0.2, 0) is 27.0 Å². The van der Waals surface area contributed by atoms with Crippen LogP contribution < -0.4 is 15.1 Å². The quantitative estimate of drug-likeness (QED) is 0.379. The van der Waals surface area contributed by atoms with Crippen LogP contribution >= 0.6 is 23.2 Å². The van der Waals surface area contributed by atoms with Gasteiger partial charge in [-0.1, -0.05) is 35.3 Å². The number of hydrogen-bond acceptors (Lipinski definition) is 5. The van der Waals surface area contributed by atoms with Gasteiger partial charge >= 0.3 is 24.2 Å². The maximum Gasteiger partial charge on any atom is 0.416 e.